The molecule has 1 saturated heterocycles. The SMILES string of the molecule is COc1cc2nc[nH]c(=O)c2cc1B1OC(C)(C)C(C)(C)O1. The van der Waals surface area contributed by atoms with Gasteiger partial charge in [0.25, 0.3) is 5.56 Å². The van der Waals surface area contributed by atoms with Crippen LogP contribution in [0, 0.1) is 0 Å². The number of benzene rings is 1. The van der Waals surface area contributed by atoms with Gasteiger partial charge in [0.15, 0.2) is 0 Å². The van der Waals surface area contributed by atoms with Crippen molar-refractivity contribution in [3.63, 3.8) is 0 Å². The summed E-state index contributed by atoms with van der Waals surface area (Å²) in [7, 11) is 0.979. The van der Waals surface area contributed by atoms with Crippen molar-refractivity contribution in [3.05, 3.63) is 28.8 Å². The van der Waals surface area contributed by atoms with E-state index in [1.807, 2.05) is 27.7 Å². The standard InChI is InChI=1S/C15H19BN2O4/c1-14(2)15(3,4)22-16(21-14)10-6-9-11(7-12(10)20-5)17-8-18-13(9)19/h6-8H,1-5H3,(H,17,18,19). The van der Waals surface area contributed by atoms with E-state index in [1.54, 1.807) is 19.2 Å². The lowest BCUT2D eigenvalue weighted by atomic mass is 9.77. The van der Waals surface area contributed by atoms with E-state index < -0.39 is 18.3 Å². The maximum Gasteiger partial charge on any atom is 0.498 e. The average Bonchev–Trinajstić information content (AvgIpc) is 2.66. The van der Waals surface area contributed by atoms with Crippen molar-refractivity contribution in [1.29, 1.82) is 0 Å². The molecule has 0 radical (unpaired) electrons. The molecule has 3 rings (SSSR count). The van der Waals surface area contributed by atoms with Gasteiger partial charge in [-0.2, -0.15) is 0 Å². The van der Waals surface area contributed by atoms with Gasteiger partial charge < -0.3 is 19.0 Å². The number of nitrogens with zero attached hydrogens (tertiary/aromatic N) is 1. The molecular formula is C15H19BN2O4. The molecule has 0 bridgehead atoms. The summed E-state index contributed by atoms with van der Waals surface area (Å²) in [6.45, 7) is 7.92. The van der Waals surface area contributed by atoms with Crippen LogP contribution in [0.5, 0.6) is 5.75 Å². The number of H-pyrrole nitrogens is 1. The van der Waals surface area contributed by atoms with E-state index in [0.29, 0.717) is 22.1 Å². The van der Waals surface area contributed by atoms with Gasteiger partial charge in [0.05, 0.1) is 35.5 Å². The van der Waals surface area contributed by atoms with Crippen LogP contribution < -0.4 is 15.8 Å². The molecule has 2 aromatic rings. The average molecular weight is 302 g/mol. The molecule has 0 amide bonds. The van der Waals surface area contributed by atoms with Gasteiger partial charge in [-0.15, -0.1) is 0 Å². The topological polar surface area (TPSA) is 73.4 Å². The van der Waals surface area contributed by atoms with E-state index in [2.05, 4.69) is 9.97 Å². The van der Waals surface area contributed by atoms with Gasteiger partial charge in [-0.25, -0.2) is 4.98 Å². The first-order valence-corrected chi connectivity index (χ1v) is 7.16. The van der Waals surface area contributed by atoms with E-state index in [4.69, 9.17) is 14.0 Å². The highest BCUT2D eigenvalue weighted by Gasteiger charge is 2.52. The number of methoxy groups -OCH3 is 1. The largest absolute Gasteiger partial charge is 0.498 e. The molecule has 1 aromatic carbocycles. The van der Waals surface area contributed by atoms with Crippen molar-refractivity contribution in [1.82, 2.24) is 9.97 Å². The van der Waals surface area contributed by atoms with Crippen LogP contribution in [0.2, 0.25) is 0 Å². The zero-order valence-electron chi connectivity index (χ0n) is 13.4. The quantitative estimate of drug-likeness (QED) is 0.845. The maximum atomic E-state index is 12.0. The first-order valence-electron chi connectivity index (χ1n) is 7.16. The van der Waals surface area contributed by atoms with Gasteiger partial charge in [0.2, 0.25) is 0 Å². The molecule has 1 fully saturated rings. The Kier molecular flexibility index (Phi) is 3.30. The fourth-order valence-corrected chi connectivity index (χ4v) is 2.44. The van der Waals surface area contributed by atoms with E-state index in [1.165, 1.54) is 6.33 Å². The highest BCUT2D eigenvalue weighted by atomic mass is 16.7. The van der Waals surface area contributed by atoms with Crippen molar-refractivity contribution in [3.8, 4) is 5.75 Å². The molecule has 0 aliphatic carbocycles. The van der Waals surface area contributed by atoms with Crippen LogP contribution in [0.25, 0.3) is 10.9 Å². The van der Waals surface area contributed by atoms with E-state index >= 15 is 0 Å². The lowest BCUT2D eigenvalue weighted by molar-refractivity contribution is 0.00578. The van der Waals surface area contributed by atoms with Gasteiger partial charge in [-0.3, -0.25) is 4.79 Å². The molecule has 116 valence electrons. The smallest absolute Gasteiger partial charge is 0.497 e. The summed E-state index contributed by atoms with van der Waals surface area (Å²) in [6, 6.07) is 3.45. The van der Waals surface area contributed by atoms with Crippen molar-refractivity contribution in [2.24, 2.45) is 0 Å². The number of nitrogens with one attached hydrogen (secondary N) is 1. The molecule has 7 heteroatoms. The van der Waals surface area contributed by atoms with Crippen LogP contribution in [-0.2, 0) is 9.31 Å². The van der Waals surface area contributed by atoms with Crippen LogP contribution in [0.15, 0.2) is 23.3 Å². The molecule has 0 saturated carbocycles. The summed E-state index contributed by atoms with van der Waals surface area (Å²) in [5, 5.41) is 0.480. The minimum atomic E-state index is -0.594. The normalized spacial score (nSPS) is 19.6. The third kappa shape index (κ3) is 2.21. The predicted molar refractivity (Wildman–Crippen MR) is 84.6 cm³/mol. The number of aromatic nitrogens is 2. The van der Waals surface area contributed by atoms with Crippen molar-refractivity contribution >= 4 is 23.5 Å². The summed E-state index contributed by atoms with van der Waals surface area (Å²) in [4.78, 5) is 18.7. The molecule has 1 aromatic heterocycles. The van der Waals surface area contributed by atoms with Crippen LogP contribution in [-0.4, -0.2) is 35.4 Å². The molecule has 1 N–H and O–H groups in total. The minimum absolute atomic E-state index is 0.203. The van der Waals surface area contributed by atoms with Crippen molar-refractivity contribution in [2.45, 2.75) is 38.9 Å². The van der Waals surface area contributed by atoms with E-state index in [0.717, 1.165) is 0 Å². The predicted octanol–water partition coefficient (Wildman–Crippen LogP) is 1.23. The summed E-state index contributed by atoms with van der Waals surface area (Å²) >= 11 is 0. The van der Waals surface area contributed by atoms with Crippen molar-refractivity contribution in [2.75, 3.05) is 7.11 Å². The Morgan fingerprint density at radius 1 is 1.18 bits per heavy atom. The molecule has 2 heterocycles. The number of hydrogen-bond donors (Lipinski definition) is 1. The third-order valence-electron chi connectivity index (χ3n) is 4.50. The second-order valence-electron chi connectivity index (χ2n) is 6.43. The molecule has 22 heavy (non-hydrogen) atoms. The first kappa shape index (κ1) is 15.1. The second-order valence-corrected chi connectivity index (χ2v) is 6.43. The highest BCUT2D eigenvalue weighted by molar-refractivity contribution is 6.63. The number of hydrogen-bond acceptors (Lipinski definition) is 5. The Balaban J connectivity index is 2.15. The number of rotatable bonds is 2. The summed E-state index contributed by atoms with van der Waals surface area (Å²) in [6.07, 6.45) is 1.37. The van der Waals surface area contributed by atoms with Crippen LogP contribution in [0.3, 0.4) is 0 Å². The monoisotopic (exact) mass is 302 g/mol. The van der Waals surface area contributed by atoms with Crippen LogP contribution >= 0.6 is 0 Å². The summed E-state index contributed by atoms with van der Waals surface area (Å²) < 4.78 is 17.5. The number of ether oxygens (including phenoxy) is 1. The fraction of sp³-hybridized carbons (Fsp3) is 0.467. The zero-order chi connectivity index (χ0) is 16.1. The molecular weight excluding hydrogens is 283 g/mol. The van der Waals surface area contributed by atoms with Gasteiger partial charge in [0, 0.05) is 11.5 Å². The zero-order valence-corrected chi connectivity index (χ0v) is 13.4. The van der Waals surface area contributed by atoms with Gasteiger partial charge >= 0.3 is 7.12 Å². The molecule has 0 unspecified atom stereocenters. The lowest BCUT2D eigenvalue weighted by Gasteiger charge is -2.32. The van der Waals surface area contributed by atoms with Gasteiger partial charge in [-0.05, 0) is 33.8 Å². The van der Waals surface area contributed by atoms with Crippen LogP contribution in [0.1, 0.15) is 27.7 Å². The molecule has 0 atom stereocenters. The molecule has 1 aliphatic rings. The fourth-order valence-electron chi connectivity index (χ4n) is 2.44. The van der Waals surface area contributed by atoms with E-state index in [9.17, 15) is 4.79 Å². The lowest BCUT2D eigenvalue weighted by Crippen LogP contribution is -2.41. The molecule has 0 spiro atoms. The Bertz CT molecular complexity index is 769. The Morgan fingerprint density at radius 2 is 1.82 bits per heavy atom. The summed E-state index contributed by atoms with van der Waals surface area (Å²) in [5.74, 6) is 0.587. The van der Waals surface area contributed by atoms with Crippen molar-refractivity contribution < 1.29 is 14.0 Å². The van der Waals surface area contributed by atoms with Gasteiger partial charge in [-0.1, -0.05) is 0 Å². The van der Waals surface area contributed by atoms with Gasteiger partial charge in [0.1, 0.15) is 5.75 Å². The second kappa shape index (κ2) is 4.82. The minimum Gasteiger partial charge on any atom is -0.497 e. The Hall–Kier alpha value is -1.86. The first-order chi connectivity index (χ1) is 10.2. The highest BCUT2D eigenvalue weighted by Crippen LogP contribution is 2.37. The molecule has 1 aliphatic heterocycles. The third-order valence-corrected chi connectivity index (χ3v) is 4.50. The number of aromatic amines is 1. The summed E-state index contributed by atoms with van der Waals surface area (Å²) in [5.41, 5.74) is 0.135. The Morgan fingerprint density at radius 3 is 2.41 bits per heavy atom. The van der Waals surface area contributed by atoms with Crippen LogP contribution in [0.4, 0.5) is 0 Å². The maximum absolute atomic E-state index is 12.0. The Labute approximate surface area is 128 Å². The molecule has 6 nitrogen and oxygen atoms in total. The van der Waals surface area contributed by atoms with E-state index in [-0.39, 0.29) is 5.56 Å². The number of fused-ring (bicyclic) bond motifs is 1.